The van der Waals surface area contributed by atoms with Gasteiger partial charge in [0.15, 0.2) is 0 Å². The molecule has 0 aliphatic carbocycles. The third-order valence-corrected chi connectivity index (χ3v) is 2.19. The number of hydrogen-bond acceptors (Lipinski definition) is 4. The number of rotatable bonds is 7. The second-order valence-corrected chi connectivity index (χ2v) is 4.08. The summed E-state index contributed by atoms with van der Waals surface area (Å²) in [6.07, 6.45) is 3.01. The fourth-order valence-electron chi connectivity index (χ4n) is 0.554. The summed E-state index contributed by atoms with van der Waals surface area (Å²) in [5, 5.41) is 8.42. The molecular formula is C10H24NO3P. The summed E-state index contributed by atoms with van der Waals surface area (Å²) in [6, 6.07) is 0. The van der Waals surface area contributed by atoms with Gasteiger partial charge in [0.2, 0.25) is 8.38 Å². The highest BCUT2D eigenvalue weighted by atomic mass is 31.2. The van der Waals surface area contributed by atoms with E-state index in [0.29, 0.717) is 6.61 Å². The number of nitrogens with zero attached hydrogens (tertiary/aromatic N) is 1. The summed E-state index contributed by atoms with van der Waals surface area (Å²) in [6.45, 7) is 7.44. The van der Waals surface area contributed by atoms with Gasteiger partial charge in [-0.3, -0.25) is 0 Å². The zero-order valence-electron chi connectivity index (χ0n) is 10.4. The van der Waals surface area contributed by atoms with Gasteiger partial charge in [0.25, 0.3) is 0 Å². The van der Waals surface area contributed by atoms with Crippen molar-refractivity contribution in [3.63, 3.8) is 0 Å². The maximum atomic E-state index is 8.42. The highest BCUT2D eigenvalue weighted by molar-refractivity contribution is 7.46. The molecule has 0 radical (unpaired) electrons. The molecule has 0 fully saturated rings. The Kier molecular flexibility index (Phi) is 15.9. The minimum atomic E-state index is -0.847. The molecule has 15 heavy (non-hydrogen) atoms. The summed E-state index contributed by atoms with van der Waals surface area (Å²) >= 11 is 0. The van der Waals surface area contributed by atoms with E-state index in [2.05, 4.69) is 0 Å². The van der Waals surface area contributed by atoms with Crippen LogP contribution in [0.15, 0.2) is 12.3 Å². The maximum Gasteiger partial charge on any atom is 0.225 e. The van der Waals surface area contributed by atoms with Crippen LogP contribution in [0.5, 0.6) is 0 Å². The molecule has 0 saturated heterocycles. The van der Waals surface area contributed by atoms with Gasteiger partial charge < -0.3 is 19.1 Å². The van der Waals surface area contributed by atoms with Crippen molar-refractivity contribution < 1.29 is 14.2 Å². The van der Waals surface area contributed by atoms with Gasteiger partial charge in [-0.15, -0.1) is 0 Å². The van der Waals surface area contributed by atoms with Crippen LogP contribution in [-0.2, 0) is 9.05 Å². The number of aliphatic hydroxyl groups excluding tert-OH is 1. The van der Waals surface area contributed by atoms with Gasteiger partial charge in [-0.2, -0.15) is 0 Å². The number of hydrogen-bond donors (Lipinski definition) is 1. The first kappa shape index (κ1) is 17.3. The molecule has 0 aromatic carbocycles. The third kappa shape index (κ3) is 16.5. The summed E-state index contributed by atoms with van der Waals surface area (Å²) in [4.78, 5) is 2.05. The van der Waals surface area contributed by atoms with Gasteiger partial charge in [0, 0.05) is 13.2 Å². The lowest BCUT2D eigenvalue weighted by Crippen LogP contribution is -2.16. The van der Waals surface area contributed by atoms with Crippen molar-refractivity contribution in [3.05, 3.63) is 12.3 Å². The topological polar surface area (TPSA) is 41.9 Å². The van der Waals surface area contributed by atoms with E-state index in [4.69, 9.17) is 14.2 Å². The zero-order valence-corrected chi connectivity index (χ0v) is 11.3. The van der Waals surface area contributed by atoms with Gasteiger partial charge in [-0.25, -0.2) is 0 Å². The van der Waals surface area contributed by atoms with Crippen LogP contribution >= 0.6 is 8.38 Å². The Morgan fingerprint density at radius 2 is 1.93 bits per heavy atom. The van der Waals surface area contributed by atoms with E-state index in [-0.39, 0.29) is 6.61 Å². The van der Waals surface area contributed by atoms with Crippen LogP contribution in [0.25, 0.3) is 0 Å². The Hall–Kier alpha value is -0.150. The van der Waals surface area contributed by atoms with E-state index in [1.54, 1.807) is 0 Å². The molecule has 92 valence electrons. The van der Waals surface area contributed by atoms with Crippen molar-refractivity contribution in [2.24, 2.45) is 0 Å². The molecule has 0 aromatic heterocycles. The quantitative estimate of drug-likeness (QED) is 0.543. The second kappa shape index (κ2) is 13.8. The standard InChI is InChI=1S/C8H18NO3P.C2H6/c1-9(2)5-8-12-13(3)11-7-4-6-10;1-2/h4,7,10H,5-6,8H2,1-3H3;1-2H3/b7-4+;. The van der Waals surface area contributed by atoms with E-state index < -0.39 is 8.38 Å². The van der Waals surface area contributed by atoms with Gasteiger partial charge in [-0.1, -0.05) is 13.8 Å². The lowest BCUT2D eigenvalue weighted by Gasteiger charge is -2.13. The summed E-state index contributed by atoms with van der Waals surface area (Å²) in [7, 11) is 3.14. The Labute approximate surface area is 94.8 Å². The molecular weight excluding hydrogens is 213 g/mol. The van der Waals surface area contributed by atoms with Gasteiger partial charge in [0.1, 0.15) is 0 Å². The molecule has 0 aliphatic rings. The van der Waals surface area contributed by atoms with E-state index in [1.807, 2.05) is 39.5 Å². The van der Waals surface area contributed by atoms with Crippen LogP contribution in [0.3, 0.4) is 0 Å². The van der Waals surface area contributed by atoms with E-state index in [9.17, 15) is 0 Å². The fourth-order valence-corrected chi connectivity index (χ4v) is 1.21. The number of likely N-dealkylation sites (N-methyl/N-ethyl adjacent to an activating group) is 1. The molecule has 0 rings (SSSR count). The van der Waals surface area contributed by atoms with Crippen molar-refractivity contribution in [1.29, 1.82) is 0 Å². The predicted molar refractivity (Wildman–Crippen MR) is 66.0 cm³/mol. The molecule has 0 saturated carbocycles. The summed E-state index contributed by atoms with van der Waals surface area (Å²) in [5.41, 5.74) is 0. The van der Waals surface area contributed by atoms with E-state index in [1.165, 1.54) is 12.3 Å². The van der Waals surface area contributed by atoms with Crippen LogP contribution in [-0.4, -0.2) is 50.5 Å². The molecule has 0 aromatic rings. The lowest BCUT2D eigenvalue weighted by molar-refractivity contribution is 0.256. The first-order chi connectivity index (χ1) is 7.16. The van der Waals surface area contributed by atoms with Crippen molar-refractivity contribution in [2.45, 2.75) is 13.8 Å². The first-order valence-corrected chi connectivity index (χ1v) is 6.73. The Morgan fingerprint density at radius 1 is 1.33 bits per heavy atom. The molecule has 0 amide bonds. The van der Waals surface area contributed by atoms with E-state index in [0.717, 1.165) is 6.54 Å². The molecule has 1 atom stereocenters. The average molecular weight is 237 g/mol. The van der Waals surface area contributed by atoms with Crippen molar-refractivity contribution in [2.75, 3.05) is 40.5 Å². The summed E-state index contributed by atoms with van der Waals surface area (Å²) < 4.78 is 10.5. The van der Waals surface area contributed by atoms with Crippen LogP contribution < -0.4 is 0 Å². The molecule has 4 nitrogen and oxygen atoms in total. The van der Waals surface area contributed by atoms with Gasteiger partial charge in [0.05, 0.1) is 19.5 Å². The van der Waals surface area contributed by atoms with E-state index >= 15 is 0 Å². The van der Waals surface area contributed by atoms with Crippen molar-refractivity contribution >= 4 is 8.38 Å². The minimum Gasteiger partial charge on any atom is -0.455 e. The molecule has 1 unspecified atom stereocenters. The highest BCUT2D eigenvalue weighted by Crippen LogP contribution is 2.33. The Balaban J connectivity index is 0. The highest BCUT2D eigenvalue weighted by Gasteiger charge is 2.00. The van der Waals surface area contributed by atoms with Crippen LogP contribution in [0.2, 0.25) is 0 Å². The SMILES string of the molecule is CC.CN(C)CCOP(C)O/C=C/CO. The third-order valence-electron chi connectivity index (χ3n) is 1.22. The molecule has 1 N–H and O–H groups in total. The number of aliphatic hydroxyl groups is 1. The molecule has 0 heterocycles. The second-order valence-electron chi connectivity index (χ2n) is 2.74. The van der Waals surface area contributed by atoms with Gasteiger partial charge in [-0.05, 0) is 20.2 Å². The average Bonchev–Trinajstić information content (AvgIpc) is 2.21. The lowest BCUT2D eigenvalue weighted by atomic mass is 10.6. The Morgan fingerprint density at radius 3 is 2.40 bits per heavy atom. The fraction of sp³-hybridized carbons (Fsp3) is 0.800. The normalized spacial score (nSPS) is 12.5. The molecule has 5 heteroatoms. The Bertz CT molecular complexity index is 143. The van der Waals surface area contributed by atoms with Crippen LogP contribution in [0.1, 0.15) is 13.8 Å². The minimum absolute atomic E-state index is 0.000864. The van der Waals surface area contributed by atoms with Crippen LogP contribution in [0, 0.1) is 0 Å². The first-order valence-electron chi connectivity index (χ1n) is 5.11. The van der Waals surface area contributed by atoms with Gasteiger partial charge >= 0.3 is 0 Å². The largest absolute Gasteiger partial charge is 0.455 e. The molecule has 0 aliphatic heterocycles. The predicted octanol–water partition coefficient (Wildman–Crippen LogP) is 2.06. The van der Waals surface area contributed by atoms with Crippen molar-refractivity contribution in [3.8, 4) is 0 Å². The summed E-state index contributed by atoms with van der Waals surface area (Å²) in [5.74, 6) is 0. The monoisotopic (exact) mass is 237 g/mol. The van der Waals surface area contributed by atoms with Crippen LogP contribution in [0.4, 0.5) is 0 Å². The zero-order chi connectivity index (χ0) is 12.1. The smallest absolute Gasteiger partial charge is 0.225 e. The van der Waals surface area contributed by atoms with Crippen molar-refractivity contribution in [1.82, 2.24) is 4.90 Å². The maximum absolute atomic E-state index is 8.42. The molecule has 0 bridgehead atoms. The molecule has 0 spiro atoms.